The Morgan fingerprint density at radius 2 is 2.00 bits per heavy atom. The normalized spacial score (nSPS) is 17.1. The largest absolute Gasteiger partial charge is 0.379 e. The van der Waals surface area contributed by atoms with E-state index in [0.717, 1.165) is 5.52 Å². The van der Waals surface area contributed by atoms with Gasteiger partial charge in [0.25, 0.3) is 0 Å². The number of aromatic nitrogens is 3. The zero-order valence-corrected chi connectivity index (χ0v) is 13.6. The molecule has 1 aliphatic rings. The molecule has 1 aromatic carbocycles. The Balaban J connectivity index is 1.88. The van der Waals surface area contributed by atoms with Gasteiger partial charge in [0.2, 0.25) is 10.0 Å². The van der Waals surface area contributed by atoms with E-state index in [1.165, 1.54) is 10.6 Å². The van der Waals surface area contributed by atoms with Crippen LogP contribution in [0.3, 0.4) is 0 Å². The summed E-state index contributed by atoms with van der Waals surface area (Å²) in [4.78, 5) is 11.5. The number of morpholine rings is 1. The fourth-order valence-electron chi connectivity index (χ4n) is 2.74. The monoisotopic (exact) mass is 352 g/mol. The first-order valence-electron chi connectivity index (χ1n) is 7.07. The number of nitrogens with zero attached hydrogens (tertiary/aromatic N) is 3. The molecule has 0 atom stereocenters. The van der Waals surface area contributed by atoms with Crippen molar-refractivity contribution in [1.29, 1.82) is 0 Å². The number of H-pyrrole nitrogens is 1. The summed E-state index contributed by atoms with van der Waals surface area (Å²) in [6.45, 7) is 1.55. The Kier molecular flexibility index (Phi) is 3.49. The van der Waals surface area contributed by atoms with E-state index in [0.29, 0.717) is 47.9 Å². The average Bonchev–Trinajstić information content (AvgIpc) is 2.95. The van der Waals surface area contributed by atoms with Gasteiger partial charge in [-0.25, -0.2) is 18.4 Å². The van der Waals surface area contributed by atoms with Gasteiger partial charge >= 0.3 is 0 Å². The molecule has 3 aromatic rings. The van der Waals surface area contributed by atoms with Crippen molar-refractivity contribution < 1.29 is 13.2 Å². The first kappa shape index (κ1) is 14.8. The van der Waals surface area contributed by atoms with Gasteiger partial charge in [-0.1, -0.05) is 11.6 Å². The van der Waals surface area contributed by atoms with Crippen LogP contribution in [0.15, 0.2) is 29.4 Å². The highest BCUT2D eigenvalue weighted by Crippen LogP contribution is 2.29. The van der Waals surface area contributed by atoms with Crippen molar-refractivity contribution in [1.82, 2.24) is 19.3 Å². The van der Waals surface area contributed by atoms with E-state index in [9.17, 15) is 8.42 Å². The molecule has 0 bridgehead atoms. The molecule has 0 saturated carbocycles. The van der Waals surface area contributed by atoms with Crippen LogP contribution in [0.4, 0.5) is 0 Å². The second-order valence-electron chi connectivity index (χ2n) is 5.24. The van der Waals surface area contributed by atoms with Gasteiger partial charge in [-0.05, 0) is 18.2 Å². The Labute approximate surface area is 137 Å². The van der Waals surface area contributed by atoms with E-state index in [1.54, 1.807) is 18.2 Å². The summed E-state index contributed by atoms with van der Waals surface area (Å²) in [6, 6.07) is 4.94. The second kappa shape index (κ2) is 5.41. The van der Waals surface area contributed by atoms with Crippen molar-refractivity contribution in [3.05, 3.63) is 29.7 Å². The van der Waals surface area contributed by atoms with Crippen molar-refractivity contribution >= 4 is 43.6 Å². The predicted molar refractivity (Wildman–Crippen MR) is 86.0 cm³/mol. The molecule has 0 radical (unpaired) electrons. The number of nitrogens with one attached hydrogen (secondary N) is 1. The van der Waals surface area contributed by atoms with E-state index in [4.69, 9.17) is 16.3 Å². The SMILES string of the molecule is O=S(=O)(c1ccc2[nH]c3c(Cl)ncnc3c2c1)N1CCOCC1. The van der Waals surface area contributed by atoms with Crippen molar-refractivity contribution in [2.45, 2.75) is 4.90 Å². The van der Waals surface area contributed by atoms with E-state index < -0.39 is 10.0 Å². The van der Waals surface area contributed by atoms with Crippen LogP contribution in [0.1, 0.15) is 0 Å². The molecule has 1 aliphatic heterocycles. The molecule has 4 rings (SSSR count). The van der Waals surface area contributed by atoms with Gasteiger partial charge in [0.05, 0.1) is 18.1 Å². The molecular weight excluding hydrogens is 340 g/mol. The van der Waals surface area contributed by atoms with Crippen molar-refractivity contribution in [2.24, 2.45) is 0 Å². The molecule has 1 saturated heterocycles. The zero-order chi connectivity index (χ0) is 16.0. The minimum atomic E-state index is -3.55. The number of hydrogen-bond donors (Lipinski definition) is 1. The topological polar surface area (TPSA) is 88.2 Å². The highest BCUT2D eigenvalue weighted by Gasteiger charge is 2.26. The molecule has 1 fully saturated rings. The van der Waals surface area contributed by atoms with E-state index >= 15 is 0 Å². The van der Waals surface area contributed by atoms with Gasteiger partial charge in [0, 0.05) is 24.0 Å². The van der Waals surface area contributed by atoms with Gasteiger partial charge in [-0.2, -0.15) is 4.31 Å². The number of benzene rings is 1. The van der Waals surface area contributed by atoms with E-state index in [2.05, 4.69) is 15.0 Å². The summed E-state index contributed by atoms with van der Waals surface area (Å²) in [5.74, 6) is 0. The lowest BCUT2D eigenvalue weighted by atomic mass is 10.2. The van der Waals surface area contributed by atoms with Crippen molar-refractivity contribution in [2.75, 3.05) is 26.3 Å². The summed E-state index contributed by atoms with van der Waals surface area (Å²) < 4.78 is 32.2. The number of rotatable bonds is 2. The summed E-state index contributed by atoms with van der Waals surface area (Å²) in [7, 11) is -3.55. The Morgan fingerprint density at radius 3 is 2.78 bits per heavy atom. The second-order valence-corrected chi connectivity index (χ2v) is 7.53. The molecule has 2 aromatic heterocycles. The molecule has 0 unspecified atom stereocenters. The number of aromatic amines is 1. The molecule has 23 heavy (non-hydrogen) atoms. The van der Waals surface area contributed by atoms with Crippen molar-refractivity contribution in [3.8, 4) is 0 Å². The average molecular weight is 353 g/mol. The first-order chi connectivity index (χ1) is 11.1. The first-order valence-corrected chi connectivity index (χ1v) is 8.89. The highest BCUT2D eigenvalue weighted by atomic mass is 35.5. The van der Waals surface area contributed by atoms with Crippen LogP contribution in [0.5, 0.6) is 0 Å². The Hall–Kier alpha value is -1.74. The molecule has 7 nitrogen and oxygen atoms in total. The third kappa shape index (κ3) is 2.38. The maximum absolute atomic E-state index is 12.8. The quantitative estimate of drug-likeness (QED) is 0.710. The lowest BCUT2D eigenvalue weighted by Gasteiger charge is -2.26. The fourth-order valence-corrected chi connectivity index (χ4v) is 4.35. The predicted octanol–water partition coefficient (Wildman–Crippen LogP) is 1.79. The zero-order valence-electron chi connectivity index (χ0n) is 12.0. The third-order valence-electron chi connectivity index (χ3n) is 3.91. The lowest BCUT2D eigenvalue weighted by Crippen LogP contribution is -2.40. The number of sulfonamides is 1. The summed E-state index contributed by atoms with van der Waals surface area (Å²) >= 11 is 6.06. The van der Waals surface area contributed by atoms with E-state index in [1.807, 2.05) is 0 Å². The minimum absolute atomic E-state index is 0.238. The molecule has 0 aliphatic carbocycles. The van der Waals surface area contributed by atoms with Crippen molar-refractivity contribution in [3.63, 3.8) is 0 Å². The summed E-state index contributed by atoms with van der Waals surface area (Å²) in [6.07, 6.45) is 1.36. The third-order valence-corrected chi connectivity index (χ3v) is 6.10. The molecule has 1 N–H and O–H groups in total. The minimum Gasteiger partial charge on any atom is -0.379 e. The smallest absolute Gasteiger partial charge is 0.243 e. The van der Waals surface area contributed by atoms with Crippen LogP contribution in [-0.4, -0.2) is 54.0 Å². The Morgan fingerprint density at radius 1 is 1.22 bits per heavy atom. The molecule has 120 valence electrons. The standard InChI is InChI=1S/C14H13ClN4O3S/c15-14-13-12(16-8-17-14)10-7-9(1-2-11(10)18-13)23(20,21)19-3-5-22-6-4-19/h1-2,7-8,18H,3-6H2. The number of fused-ring (bicyclic) bond motifs is 3. The highest BCUT2D eigenvalue weighted by molar-refractivity contribution is 7.89. The summed E-state index contributed by atoms with van der Waals surface area (Å²) in [5.41, 5.74) is 1.98. The van der Waals surface area contributed by atoms with Crippen LogP contribution in [-0.2, 0) is 14.8 Å². The maximum Gasteiger partial charge on any atom is 0.243 e. The molecular formula is C14H13ClN4O3S. The van der Waals surface area contributed by atoms with Gasteiger partial charge in [-0.15, -0.1) is 0 Å². The molecule has 9 heteroatoms. The van der Waals surface area contributed by atoms with Crippen LogP contribution >= 0.6 is 11.6 Å². The lowest BCUT2D eigenvalue weighted by molar-refractivity contribution is 0.0730. The molecule has 3 heterocycles. The number of hydrogen-bond acceptors (Lipinski definition) is 5. The van der Waals surface area contributed by atoms with Crippen LogP contribution in [0.25, 0.3) is 21.9 Å². The van der Waals surface area contributed by atoms with Crippen LogP contribution in [0.2, 0.25) is 5.15 Å². The maximum atomic E-state index is 12.8. The number of ether oxygens (including phenoxy) is 1. The van der Waals surface area contributed by atoms with E-state index in [-0.39, 0.29) is 4.90 Å². The van der Waals surface area contributed by atoms with Gasteiger partial charge in [0.15, 0.2) is 5.15 Å². The van der Waals surface area contributed by atoms with Gasteiger partial charge in [-0.3, -0.25) is 0 Å². The van der Waals surface area contributed by atoms with Gasteiger partial charge in [0.1, 0.15) is 17.4 Å². The molecule has 0 amide bonds. The fraction of sp³-hybridized carbons (Fsp3) is 0.286. The summed E-state index contributed by atoms with van der Waals surface area (Å²) in [5, 5.41) is 1.02. The number of halogens is 1. The molecule has 0 spiro atoms. The van der Waals surface area contributed by atoms with Crippen LogP contribution in [0, 0.1) is 0 Å². The van der Waals surface area contributed by atoms with Gasteiger partial charge < -0.3 is 9.72 Å². The Bertz CT molecular complexity index is 996. The van der Waals surface area contributed by atoms with Crippen LogP contribution < -0.4 is 0 Å².